The van der Waals surface area contributed by atoms with Crippen LogP contribution in [0.2, 0.25) is 0 Å². The van der Waals surface area contributed by atoms with E-state index < -0.39 is 23.7 Å². The van der Waals surface area contributed by atoms with E-state index in [4.69, 9.17) is 4.52 Å². The van der Waals surface area contributed by atoms with Crippen LogP contribution in [0.15, 0.2) is 22.9 Å². The number of anilines is 2. The van der Waals surface area contributed by atoms with Crippen LogP contribution in [-0.2, 0) is 21.2 Å². The zero-order chi connectivity index (χ0) is 21.6. The van der Waals surface area contributed by atoms with Crippen molar-refractivity contribution in [2.24, 2.45) is 0 Å². The third-order valence-electron chi connectivity index (χ3n) is 4.62. The molecular formula is C19H21F3N4O3. The molecule has 29 heavy (non-hydrogen) atoms. The molecule has 0 aliphatic carbocycles. The standard InChI is InChI=1S/C19H21F3N4O3/c1-10-7-11(19(20,21)22)9-23-16(10)26-12(5-6-15(26)27)17(28)24-14-8-13(29-25-14)18(2,3)4/h7-9,12H,5-6H2,1-4H3,(H,24,25,28)/t12-/m0/s1. The molecule has 2 aromatic rings. The maximum atomic E-state index is 12.9. The largest absolute Gasteiger partial charge is 0.417 e. The van der Waals surface area contributed by atoms with Crippen molar-refractivity contribution in [2.45, 2.75) is 58.2 Å². The van der Waals surface area contributed by atoms with Gasteiger partial charge in [0.2, 0.25) is 11.8 Å². The minimum Gasteiger partial charge on any atom is -0.359 e. The summed E-state index contributed by atoms with van der Waals surface area (Å²) in [5.41, 5.74) is -1.06. The number of pyridine rings is 1. The summed E-state index contributed by atoms with van der Waals surface area (Å²) in [6.07, 6.45) is -3.57. The lowest BCUT2D eigenvalue weighted by molar-refractivity contribution is -0.137. The fourth-order valence-electron chi connectivity index (χ4n) is 3.07. The van der Waals surface area contributed by atoms with Crippen LogP contribution in [0, 0.1) is 6.92 Å². The van der Waals surface area contributed by atoms with Crippen molar-refractivity contribution in [3.63, 3.8) is 0 Å². The molecule has 3 heterocycles. The summed E-state index contributed by atoms with van der Waals surface area (Å²) in [5.74, 6) is -0.0679. The molecule has 0 spiro atoms. The molecule has 1 aliphatic rings. The predicted molar refractivity (Wildman–Crippen MR) is 98.3 cm³/mol. The quantitative estimate of drug-likeness (QED) is 0.831. The number of hydrogen-bond acceptors (Lipinski definition) is 5. The first-order valence-electron chi connectivity index (χ1n) is 9.02. The van der Waals surface area contributed by atoms with Crippen molar-refractivity contribution < 1.29 is 27.3 Å². The van der Waals surface area contributed by atoms with Gasteiger partial charge < -0.3 is 9.84 Å². The highest BCUT2D eigenvalue weighted by Crippen LogP contribution is 2.34. The second-order valence-electron chi connectivity index (χ2n) is 8.00. The number of nitrogens with one attached hydrogen (secondary N) is 1. The Balaban J connectivity index is 1.83. The zero-order valence-corrected chi connectivity index (χ0v) is 16.4. The van der Waals surface area contributed by atoms with Crippen molar-refractivity contribution in [3.05, 3.63) is 35.2 Å². The van der Waals surface area contributed by atoms with Gasteiger partial charge in [-0.3, -0.25) is 14.5 Å². The minimum atomic E-state index is -4.54. The van der Waals surface area contributed by atoms with Crippen molar-refractivity contribution in [1.82, 2.24) is 10.1 Å². The van der Waals surface area contributed by atoms with Crippen LogP contribution in [0.4, 0.5) is 24.8 Å². The number of nitrogens with zero attached hydrogens (tertiary/aromatic N) is 3. The number of aryl methyl sites for hydroxylation is 1. The molecule has 1 aliphatic heterocycles. The van der Waals surface area contributed by atoms with Gasteiger partial charge in [0.05, 0.1) is 5.56 Å². The van der Waals surface area contributed by atoms with Crippen LogP contribution >= 0.6 is 0 Å². The summed E-state index contributed by atoms with van der Waals surface area (Å²) in [6, 6.07) is 1.61. The van der Waals surface area contributed by atoms with Gasteiger partial charge in [0.25, 0.3) is 0 Å². The van der Waals surface area contributed by atoms with E-state index in [0.717, 1.165) is 11.0 Å². The molecule has 10 heteroatoms. The third-order valence-corrected chi connectivity index (χ3v) is 4.62. The highest BCUT2D eigenvalue weighted by Gasteiger charge is 2.40. The van der Waals surface area contributed by atoms with Gasteiger partial charge in [0.15, 0.2) is 5.82 Å². The Bertz CT molecular complexity index is 947. The molecule has 0 unspecified atom stereocenters. The predicted octanol–water partition coefficient (Wildman–Crippen LogP) is 3.83. The Hall–Kier alpha value is -2.91. The van der Waals surface area contributed by atoms with Gasteiger partial charge in [0.1, 0.15) is 17.6 Å². The van der Waals surface area contributed by atoms with Crippen molar-refractivity contribution in [2.75, 3.05) is 10.2 Å². The second kappa shape index (κ2) is 7.16. The zero-order valence-electron chi connectivity index (χ0n) is 16.4. The smallest absolute Gasteiger partial charge is 0.359 e. The van der Waals surface area contributed by atoms with Crippen molar-refractivity contribution >= 4 is 23.5 Å². The summed E-state index contributed by atoms with van der Waals surface area (Å²) >= 11 is 0. The summed E-state index contributed by atoms with van der Waals surface area (Å²) in [4.78, 5) is 30.1. The number of aromatic nitrogens is 2. The fourth-order valence-corrected chi connectivity index (χ4v) is 3.07. The van der Waals surface area contributed by atoms with Crippen LogP contribution in [-0.4, -0.2) is 28.0 Å². The van der Waals surface area contributed by atoms with Gasteiger partial charge >= 0.3 is 6.18 Å². The average Bonchev–Trinajstić information content (AvgIpc) is 3.20. The lowest BCUT2D eigenvalue weighted by Crippen LogP contribution is -2.42. The molecule has 2 amide bonds. The van der Waals surface area contributed by atoms with Crippen LogP contribution in [0.1, 0.15) is 50.5 Å². The third kappa shape index (κ3) is 4.25. The average molecular weight is 410 g/mol. The number of carbonyl (C=O) groups is 2. The number of amides is 2. The van der Waals surface area contributed by atoms with E-state index in [2.05, 4.69) is 15.5 Å². The van der Waals surface area contributed by atoms with E-state index in [9.17, 15) is 22.8 Å². The maximum Gasteiger partial charge on any atom is 0.417 e. The first kappa shape index (κ1) is 20.8. The lowest BCUT2D eigenvalue weighted by Gasteiger charge is -2.24. The number of halogens is 3. The molecule has 1 saturated heterocycles. The fraction of sp³-hybridized carbons (Fsp3) is 0.474. The summed E-state index contributed by atoms with van der Waals surface area (Å²) < 4.78 is 43.9. The highest BCUT2D eigenvalue weighted by atomic mass is 19.4. The van der Waals surface area contributed by atoms with E-state index in [-0.39, 0.29) is 41.4 Å². The topological polar surface area (TPSA) is 88.3 Å². The Labute approximate surface area is 165 Å². The van der Waals surface area contributed by atoms with Crippen LogP contribution < -0.4 is 10.2 Å². The van der Waals surface area contributed by atoms with Gasteiger partial charge in [-0.1, -0.05) is 25.9 Å². The molecule has 2 aromatic heterocycles. The SMILES string of the molecule is Cc1cc(C(F)(F)F)cnc1N1C(=O)CC[C@H]1C(=O)Nc1cc(C(C)(C)C)on1. The molecule has 0 radical (unpaired) electrons. The minimum absolute atomic E-state index is 0.0381. The molecule has 1 fully saturated rings. The van der Waals surface area contributed by atoms with E-state index in [0.29, 0.717) is 12.0 Å². The van der Waals surface area contributed by atoms with Crippen LogP contribution in [0.5, 0.6) is 0 Å². The van der Waals surface area contributed by atoms with Gasteiger partial charge in [-0.15, -0.1) is 0 Å². The lowest BCUT2D eigenvalue weighted by atomic mass is 9.93. The number of rotatable bonds is 3. The van der Waals surface area contributed by atoms with Crippen molar-refractivity contribution in [1.29, 1.82) is 0 Å². The monoisotopic (exact) mass is 410 g/mol. The molecule has 7 nitrogen and oxygen atoms in total. The molecule has 0 saturated carbocycles. The highest BCUT2D eigenvalue weighted by molar-refractivity contribution is 6.07. The summed E-state index contributed by atoms with van der Waals surface area (Å²) in [6.45, 7) is 7.20. The van der Waals surface area contributed by atoms with Gasteiger partial charge in [0, 0.05) is 24.1 Å². The molecule has 156 valence electrons. The first-order valence-corrected chi connectivity index (χ1v) is 9.02. The molecule has 0 bridgehead atoms. The Morgan fingerprint density at radius 1 is 1.28 bits per heavy atom. The van der Waals surface area contributed by atoms with Gasteiger partial charge in [-0.25, -0.2) is 4.98 Å². The van der Waals surface area contributed by atoms with Gasteiger partial charge in [-0.2, -0.15) is 13.2 Å². The van der Waals surface area contributed by atoms with Gasteiger partial charge in [-0.05, 0) is 25.0 Å². The van der Waals surface area contributed by atoms with E-state index in [1.807, 2.05) is 20.8 Å². The molecular weight excluding hydrogens is 389 g/mol. The molecule has 1 atom stereocenters. The normalized spacial score (nSPS) is 17.7. The first-order chi connectivity index (χ1) is 13.4. The van der Waals surface area contributed by atoms with Crippen LogP contribution in [0.3, 0.4) is 0 Å². The number of hydrogen-bond donors (Lipinski definition) is 1. The Morgan fingerprint density at radius 2 is 1.97 bits per heavy atom. The van der Waals surface area contributed by atoms with E-state index >= 15 is 0 Å². The Kier molecular flexibility index (Phi) is 5.14. The molecule has 3 rings (SSSR count). The number of alkyl halides is 3. The molecule has 0 aromatic carbocycles. The summed E-state index contributed by atoms with van der Waals surface area (Å²) in [7, 11) is 0. The van der Waals surface area contributed by atoms with Crippen LogP contribution in [0.25, 0.3) is 0 Å². The second-order valence-corrected chi connectivity index (χ2v) is 8.00. The van der Waals surface area contributed by atoms with E-state index in [1.165, 1.54) is 6.92 Å². The Morgan fingerprint density at radius 3 is 2.52 bits per heavy atom. The number of carbonyl (C=O) groups excluding carboxylic acids is 2. The van der Waals surface area contributed by atoms with E-state index in [1.54, 1.807) is 6.07 Å². The summed E-state index contributed by atoms with van der Waals surface area (Å²) in [5, 5.41) is 6.42. The van der Waals surface area contributed by atoms with Crippen molar-refractivity contribution in [3.8, 4) is 0 Å². The maximum absolute atomic E-state index is 12.9. The molecule has 1 N–H and O–H groups in total.